The Labute approximate surface area is 139 Å². The van der Waals surface area contributed by atoms with Crippen LogP contribution in [0, 0.1) is 17.0 Å². The molecule has 8 nitrogen and oxygen atoms in total. The van der Waals surface area contributed by atoms with Gasteiger partial charge in [0.1, 0.15) is 5.69 Å². The summed E-state index contributed by atoms with van der Waals surface area (Å²) in [7, 11) is 1.62. The summed E-state index contributed by atoms with van der Waals surface area (Å²) in [4.78, 5) is 21.7. The normalized spacial score (nSPS) is 11.9. The predicted octanol–water partition coefficient (Wildman–Crippen LogP) is 2.52. The second-order valence-electron chi connectivity index (χ2n) is 5.63. The lowest BCUT2D eigenvalue weighted by atomic mass is 10.0. The van der Waals surface area contributed by atoms with E-state index < -0.39 is 10.9 Å². The number of anilines is 1. The number of nitrogens with zero attached hydrogens (tertiary/aromatic N) is 3. The van der Waals surface area contributed by atoms with Gasteiger partial charge < -0.3 is 10.4 Å². The number of hydrogen-bond donors (Lipinski definition) is 2. The Kier molecular flexibility index (Phi) is 5.51. The van der Waals surface area contributed by atoms with Crippen molar-refractivity contribution in [2.75, 3.05) is 5.32 Å². The van der Waals surface area contributed by atoms with E-state index in [2.05, 4.69) is 10.4 Å². The predicted molar refractivity (Wildman–Crippen MR) is 89.0 cm³/mol. The number of carbonyl (C=O) groups is 1. The van der Waals surface area contributed by atoms with E-state index in [4.69, 9.17) is 5.11 Å². The summed E-state index contributed by atoms with van der Waals surface area (Å²) < 4.78 is 1.42. The number of aliphatic carboxylic acids is 1. The first-order valence-electron chi connectivity index (χ1n) is 7.58. The number of aromatic nitrogens is 2. The molecule has 2 rings (SSSR count). The van der Waals surface area contributed by atoms with Crippen LogP contribution in [0.2, 0.25) is 0 Å². The van der Waals surface area contributed by atoms with Crippen molar-refractivity contribution in [3.8, 4) is 0 Å². The standard InChI is InChI=1S/C16H20N4O4/c1-11-15(20(23)24)16(19(2)18-11)17-13(8-9-14(21)22)10-12-6-4-3-5-7-12/h3-7,13,17H,8-10H2,1-2H3,(H,21,22). The molecule has 0 saturated heterocycles. The SMILES string of the molecule is Cc1nn(C)c(NC(CCC(=O)O)Cc2ccccc2)c1[N+](=O)[O-]. The van der Waals surface area contributed by atoms with Crippen molar-refractivity contribution in [3.63, 3.8) is 0 Å². The number of rotatable bonds is 8. The molecule has 0 aliphatic rings. The highest BCUT2D eigenvalue weighted by Crippen LogP contribution is 2.28. The zero-order chi connectivity index (χ0) is 17.7. The van der Waals surface area contributed by atoms with Gasteiger partial charge in [0.05, 0.1) is 4.92 Å². The molecule has 2 N–H and O–H groups in total. The molecular formula is C16H20N4O4. The van der Waals surface area contributed by atoms with E-state index in [9.17, 15) is 14.9 Å². The molecule has 1 aromatic carbocycles. The average molecular weight is 332 g/mol. The van der Waals surface area contributed by atoms with Crippen LogP contribution in [0.3, 0.4) is 0 Å². The molecule has 0 aliphatic carbocycles. The lowest BCUT2D eigenvalue weighted by molar-refractivity contribution is -0.384. The Bertz CT molecular complexity index is 727. The van der Waals surface area contributed by atoms with Gasteiger partial charge in [-0.15, -0.1) is 0 Å². The first-order valence-corrected chi connectivity index (χ1v) is 7.58. The maximum absolute atomic E-state index is 11.3. The van der Waals surface area contributed by atoms with Crippen molar-refractivity contribution in [2.24, 2.45) is 7.05 Å². The van der Waals surface area contributed by atoms with E-state index in [-0.39, 0.29) is 18.2 Å². The Hall–Kier alpha value is -2.90. The third-order valence-electron chi connectivity index (χ3n) is 3.75. The Morgan fingerprint density at radius 2 is 2.08 bits per heavy atom. The van der Waals surface area contributed by atoms with Crippen molar-refractivity contribution in [2.45, 2.75) is 32.2 Å². The molecule has 1 aromatic heterocycles. The topological polar surface area (TPSA) is 110 Å². The van der Waals surface area contributed by atoms with E-state index in [1.165, 1.54) is 4.68 Å². The molecule has 0 saturated carbocycles. The molecule has 0 bridgehead atoms. The van der Waals surface area contributed by atoms with Crippen molar-refractivity contribution < 1.29 is 14.8 Å². The number of carboxylic acids is 1. The number of aryl methyl sites for hydroxylation is 2. The largest absolute Gasteiger partial charge is 0.481 e. The maximum Gasteiger partial charge on any atom is 0.333 e. The first-order chi connectivity index (χ1) is 11.4. The van der Waals surface area contributed by atoms with Gasteiger partial charge >= 0.3 is 11.7 Å². The van der Waals surface area contributed by atoms with Crippen LogP contribution in [0.1, 0.15) is 24.1 Å². The van der Waals surface area contributed by atoms with Crippen LogP contribution in [-0.2, 0) is 18.3 Å². The molecule has 1 unspecified atom stereocenters. The molecular weight excluding hydrogens is 312 g/mol. The summed E-state index contributed by atoms with van der Waals surface area (Å²) in [6, 6.07) is 9.34. The van der Waals surface area contributed by atoms with E-state index in [0.29, 0.717) is 24.4 Å². The first kappa shape index (κ1) is 17.5. The minimum absolute atomic E-state index is 0.0187. The van der Waals surface area contributed by atoms with E-state index in [0.717, 1.165) is 5.56 Å². The molecule has 8 heteroatoms. The van der Waals surface area contributed by atoms with E-state index >= 15 is 0 Å². The molecule has 0 radical (unpaired) electrons. The van der Waals surface area contributed by atoms with E-state index in [1.54, 1.807) is 14.0 Å². The summed E-state index contributed by atoms with van der Waals surface area (Å²) in [5.74, 6) is -0.602. The molecule has 0 fully saturated rings. The van der Waals surface area contributed by atoms with Crippen molar-refractivity contribution in [1.29, 1.82) is 0 Å². The quantitative estimate of drug-likeness (QED) is 0.568. The van der Waals surface area contributed by atoms with Crippen molar-refractivity contribution in [3.05, 3.63) is 51.7 Å². The van der Waals surface area contributed by atoms with Gasteiger partial charge in [0.15, 0.2) is 0 Å². The van der Waals surface area contributed by atoms with Crippen LogP contribution in [0.25, 0.3) is 0 Å². The summed E-state index contributed by atoms with van der Waals surface area (Å²) in [5.41, 5.74) is 1.27. The molecule has 0 amide bonds. The zero-order valence-electron chi connectivity index (χ0n) is 13.6. The molecule has 0 aliphatic heterocycles. The minimum Gasteiger partial charge on any atom is -0.481 e. The van der Waals surface area contributed by atoms with Crippen LogP contribution in [0.5, 0.6) is 0 Å². The summed E-state index contributed by atoms with van der Waals surface area (Å²) in [6.45, 7) is 1.58. The van der Waals surface area contributed by atoms with E-state index in [1.807, 2.05) is 30.3 Å². The third kappa shape index (κ3) is 4.31. The smallest absolute Gasteiger partial charge is 0.333 e. The molecule has 0 spiro atoms. The number of carboxylic acid groups (broad SMARTS) is 1. The lowest BCUT2D eigenvalue weighted by Gasteiger charge is -2.19. The average Bonchev–Trinajstić information content (AvgIpc) is 2.79. The lowest BCUT2D eigenvalue weighted by Crippen LogP contribution is -2.25. The highest BCUT2D eigenvalue weighted by atomic mass is 16.6. The maximum atomic E-state index is 11.3. The fraction of sp³-hybridized carbons (Fsp3) is 0.375. The molecule has 2 aromatic rings. The highest BCUT2D eigenvalue weighted by molar-refractivity contribution is 5.67. The second kappa shape index (κ2) is 7.58. The summed E-state index contributed by atoms with van der Waals surface area (Å²) in [5, 5.41) is 27.4. The van der Waals surface area contributed by atoms with Gasteiger partial charge in [-0.1, -0.05) is 30.3 Å². The third-order valence-corrected chi connectivity index (χ3v) is 3.75. The molecule has 1 heterocycles. The van der Waals surface area contributed by atoms with Gasteiger partial charge in [-0.3, -0.25) is 14.9 Å². The van der Waals surface area contributed by atoms with Gasteiger partial charge in [-0.05, 0) is 25.3 Å². The number of nitrogens with one attached hydrogen (secondary N) is 1. The summed E-state index contributed by atoms with van der Waals surface area (Å²) in [6.07, 6.45) is 0.899. The fourth-order valence-corrected chi connectivity index (χ4v) is 2.64. The Morgan fingerprint density at radius 3 is 2.67 bits per heavy atom. The highest BCUT2D eigenvalue weighted by Gasteiger charge is 2.26. The van der Waals surface area contributed by atoms with Crippen molar-refractivity contribution >= 4 is 17.5 Å². The van der Waals surface area contributed by atoms with Crippen LogP contribution in [0.4, 0.5) is 11.5 Å². The molecule has 1 atom stereocenters. The molecule has 128 valence electrons. The van der Waals surface area contributed by atoms with Gasteiger partial charge in [-0.2, -0.15) is 5.10 Å². The number of nitro groups is 1. The Balaban J connectivity index is 2.24. The zero-order valence-corrected chi connectivity index (χ0v) is 13.6. The number of benzene rings is 1. The fourth-order valence-electron chi connectivity index (χ4n) is 2.64. The van der Waals surface area contributed by atoms with Crippen LogP contribution < -0.4 is 5.32 Å². The van der Waals surface area contributed by atoms with Crippen LogP contribution >= 0.6 is 0 Å². The number of hydrogen-bond acceptors (Lipinski definition) is 5. The van der Waals surface area contributed by atoms with Crippen molar-refractivity contribution in [1.82, 2.24) is 9.78 Å². The minimum atomic E-state index is -0.898. The van der Waals surface area contributed by atoms with Crippen LogP contribution in [-0.4, -0.2) is 31.8 Å². The summed E-state index contributed by atoms with van der Waals surface area (Å²) >= 11 is 0. The van der Waals surface area contributed by atoms with Gasteiger partial charge in [0.2, 0.25) is 5.82 Å². The monoisotopic (exact) mass is 332 g/mol. The second-order valence-corrected chi connectivity index (χ2v) is 5.63. The van der Waals surface area contributed by atoms with Gasteiger partial charge in [0, 0.05) is 19.5 Å². The van der Waals surface area contributed by atoms with Gasteiger partial charge in [-0.25, -0.2) is 4.68 Å². The van der Waals surface area contributed by atoms with Gasteiger partial charge in [0.25, 0.3) is 0 Å². The van der Waals surface area contributed by atoms with Crippen LogP contribution in [0.15, 0.2) is 30.3 Å². The molecule has 24 heavy (non-hydrogen) atoms. The Morgan fingerprint density at radius 1 is 1.42 bits per heavy atom.